The summed E-state index contributed by atoms with van der Waals surface area (Å²) in [5.41, 5.74) is 7.64. The third-order valence-electron chi connectivity index (χ3n) is 3.54. The van der Waals surface area contributed by atoms with Gasteiger partial charge in [-0.25, -0.2) is 0 Å². The summed E-state index contributed by atoms with van der Waals surface area (Å²) < 4.78 is 0. The Balaban J connectivity index is 0.00000162. The second kappa shape index (κ2) is 6.76. The van der Waals surface area contributed by atoms with Gasteiger partial charge in [-0.1, -0.05) is 25.1 Å². The maximum absolute atomic E-state index is 12.4. The van der Waals surface area contributed by atoms with Gasteiger partial charge in [0.1, 0.15) is 0 Å². The number of nitrogens with zero attached hydrogens (tertiary/aromatic N) is 1. The van der Waals surface area contributed by atoms with E-state index in [0.29, 0.717) is 12.5 Å². The first-order valence-electron chi connectivity index (χ1n) is 6.33. The first-order chi connectivity index (χ1) is 8.26. The lowest BCUT2D eigenvalue weighted by Crippen LogP contribution is -2.30. The van der Waals surface area contributed by atoms with Crippen LogP contribution >= 0.6 is 12.4 Å². The molecule has 1 unspecified atom stereocenters. The molecule has 2 rings (SSSR count). The molecule has 1 atom stereocenters. The van der Waals surface area contributed by atoms with Crippen molar-refractivity contribution in [2.45, 2.75) is 19.8 Å². The van der Waals surface area contributed by atoms with Crippen LogP contribution in [0.2, 0.25) is 0 Å². The average molecular weight is 269 g/mol. The van der Waals surface area contributed by atoms with Crippen LogP contribution in [-0.4, -0.2) is 30.4 Å². The van der Waals surface area contributed by atoms with Crippen LogP contribution in [0.5, 0.6) is 0 Å². The van der Waals surface area contributed by atoms with E-state index in [0.717, 1.165) is 37.1 Å². The van der Waals surface area contributed by atoms with Gasteiger partial charge < -0.3 is 10.6 Å². The van der Waals surface area contributed by atoms with Crippen molar-refractivity contribution in [1.29, 1.82) is 0 Å². The standard InChI is InChI=1S/C14H20N2O.ClH/c1-2-12-5-3-4-6-13(12)14(17)16-8-7-11(9-15)10-16;/h3-6,11H,2,7-10,15H2,1H3;1H. The van der Waals surface area contributed by atoms with E-state index in [4.69, 9.17) is 5.73 Å². The van der Waals surface area contributed by atoms with Gasteiger partial charge in [-0.2, -0.15) is 0 Å². The zero-order chi connectivity index (χ0) is 12.3. The Morgan fingerprint density at radius 1 is 1.44 bits per heavy atom. The molecule has 1 aromatic carbocycles. The molecule has 1 aromatic rings. The molecule has 1 fully saturated rings. The van der Waals surface area contributed by atoms with Crippen molar-refractivity contribution in [2.24, 2.45) is 11.7 Å². The van der Waals surface area contributed by atoms with Crippen molar-refractivity contribution >= 4 is 18.3 Å². The second-order valence-electron chi connectivity index (χ2n) is 4.65. The number of carbonyl (C=O) groups excluding carboxylic acids is 1. The highest BCUT2D eigenvalue weighted by atomic mass is 35.5. The smallest absolute Gasteiger partial charge is 0.254 e. The lowest BCUT2D eigenvalue weighted by atomic mass is 10.0. The van der Waals surface area contributed by atoms with E-state index in [-0.39, 0.29) is 18.3 Å². The molecule has 100 valence electrons. The van der Waals surface area contributed by atoms with Crippen molar-refractivity contribution in [2.75, 3.05) is 19.6 Å². The molecule has 1 aliphatic heterocycles. The van der Waals surface area contributed by atoms with Crippen LogP contribution < -0.4 is 5.73 Å². The molecular formula is C14H21ClN2O. The molecule has 0 bridgehead atoms. The number of rotatable bonds is 3. The van der Waals surface area contributed by atoms with E-state index in [9.17, 15) is 4.79 Å². The Kier molecular flexibility index (Phi) is 5.63. The Morgan fingerprint density at radius 3 is 2.78 bits per heavy atom. The predicted molar refractivity (Wildman–Crippen MR) is 76.1 cm³/mol. The summed E-state index contributed by atoms with van der Waals surface area (Å²) in [5, 5.41) is 0. The first kappa shape index (κ1) is 15.0. The van der Waals surface area contributed by atoms with Crippen molar-refractivity contribution in [3.8, 4) is 0 Å². The fourth-order valence-electron chi connectivity index (χ4n) is 2.42. The SMILES string of the molecule is CCc1ccccc1C(=O)N1CCC(CN)C1.Cl. The Morgan fingerprint density at radius 2 is 2.17 bits per heavy atom. The van der Waals surface area contributed by atoms with Crippen LogP contribution in [0.15, 0.2) is 24.3 Å². The molecule has 3 nitrogen and oxygen atoms in total. The van der Waals surface area contributed by atoms with E-state index in [1.165, 1.54) is 0 Å². The first-order valence-corrected chi connectivity index (χ1v) is 6.33. The number of aryl methyl sites for hydroxylation is 1. The Bertz CT molecular complexity index is 409. The van der Waals surface area contributed by atoms with Gasteiger partial charge in [-0.3, -0.25) is 4.79 Å². The van der Waals surface area contributed by atoms with Crippen molar-refractivity contribution in [1.82, 2.24) is 4.90 Å². The van der Waals surface area contributed by atoms with E-state index in [1.54, 1.807) is 0 Å². The molecule has 0 saturated carbocycles. The molecule has 1 saturated heterocycles. The third kappa shape index (κ3) is 3.03. The van der Waals surface area contributed by atoms with Crippen molar-refractivity contribution in [3.05, 3.63) is 35.4 Å². The summed E-state index contributed by atoms with van der Waals surface area (Å²) >= 11 is 0. The third-order valence-corrected chi connectivity index (χ3v) is 3.54. The largest absolute Gasteiger partial charge is 0.338 e. The van der Waals surface area contributed by atoms with Gasteiger partial charge in [0, 0.05) is 18.7 Å². The summed E-state index contributed by atoms with van der Waals surface area (Å²) in [4.78, 5) is 14.3. The van der Waals surface area contributed by atoms with Gasteiger partial charge in [0.25, 0.3) is 5.91 Å². The van der Waals surface area contributed by atoms with Gasteiger partial charge in [-0.05, 0) is 36.9 Å². The zero-order valence-electron chi connectivity index (χ0n) is 10.8. The molecular weight excluding hydrogens is 248 g/mol. The van der Waals surface area contributed by atoms with E-state index < -0.39 is 0 Å². The Labute approximate surface area is 115 Å². The van der Waals surface area contributed by atoms with Crippen LogP contribution in [0.1, 0.15) is 29.3 Å². The van der Waals surface area contributed by atoms with E-state index in [1.807, 2.05) is 29.2 Å². The highest BCUT2D eigenvalue weighted by molar-refractivity contribution is 5.95. The monoisotopic (exact) mass is 268 g/mol. The molecule has 1 amide bonds. The lowest BCUT2D eigenvalue weighted by Gasteiger charge is -2.18. The summed E-state index contributed by atoms with van der Waals surface area (Å²) in [6.45, 7) is 4.42. The molecule has 0 radical (unpaired) electrons. The number of nitrogens with two attached hydrogens (primary N) is 1. The highest BCUT2D eigenvalue weighted by Gasteiger charge is 2.26. The quantitative estimate of drug-likeness (QED) is 0.913. The van der Waals surface area contributed by atoms with Crippen LogP contribution in [0, 0.1) is 5.92 Å². The molecule has 18 heavy (non-hydrogen) atoms. The molecule has 1 heterocycles. The molecule has 4 heteroatoms. The topological polar surface area (TPSA) is 46.3 Å². The number of amides is 1. The number of carbonyl (C=O) groups is 1. The van der Waals surface area contributed by atoms with Crippen LogP contribution in [0.3, 0.4) is 0 Å². The number of halogens is 1. The normalized spacial score (nSPS) is 18.6. The maximum Gasteiger partial charge on any atom is 0.254 e. The molecule has 1 aliphatic rings. The summed E-state index contributed by atoms with van der Waals surface area (Å²) in [5.74, 6) is 0.645. The number of hydrogen-bond donors (Lipinski definition) is 1. The minimum absolute atomic E-state index is 0. The highest BCUT2D eigenvalue weighted by Crippen LogP contribution is 2.19. The fraction of sp³-hybridized carbons (Fsp3) is 0.500. The van der Waals surface area contributed by atoms with Gasteiger partial charge in [0.05, 0.1) is 0 Å². The molecule has 2 N–H and O–H groups in total. The molecule has 0 aromatic heterocycles. The van der Waals surface area contributed by atoms with Crippen molar-refractivity contribution < 1.29 is 4.79 Å². The summed E-state index contributed by atoms with van der Waals surface area (Å²) in [6.07, 6.45) is 1.94. The van der Waals surface area contributed by atoms with E-state index >= 15 is 0 Å². The van der Waals surface area contributed by atoms with Gasteiger partial charge in [0.2, 0.25) is 0 Å². The number of likely N-dealkylation sites (tertiary alicyclic amines) is 1. The minimum Gasteiger partial charge on any atom is -0.338 e. The van der Waals surface area contributed by atoms with Gasteiger partial charge in [0.15, 0.2) is 0 Å². The average Bonchev–Trinajstić information content (AvgIpc) is 2.86. The number of hydrogen-bond acceptors (Lipinski definition) is 2. The fourth-order valence-corrected chi connectivity index (χ4v) is 2.42. The second-order valence-corrected chi connectivity index (χ2v) is 4.65. The Hall–Kier alpha value is -1.06. The van der Waals surface area contributed by atoms with Crippen LogP contribution in [0.4, 0.5) is 0 Å². The molecule has 0 aliphatic carbocycles. The predicted octanol–water partition coefficient (Wildman–Crippen LogP) is 2.09. The lowest BCUT2D eigenvalue weighted by molar-refractivity contribution is 0.0786. The maximum atomic E-state index is 12.4. The van der Waals surface area contributed by atoms with Gasteiger partial charge in [-0.15, -0.1) is 12.4 Å². The molecule has 0 spiro atoms. The van der Waals surface area contributed by atoms with E-state index in [2.05, 4.69) is 6.92 Å². The van der Waals surface area contributed by atoms with Gasteiger partial charge >= 0.3 is 0 Å². The van der Waals surface area contributed by atoms with Crippen LogP contribution in [-0.2, 0) is 6.42 Å². The summed E-state index contributed by atoms with van der Waals surface area (Å²) in [7, 11) is 0. The van der Waals surface area contributed by atoms with Crippen LogP contribution in [0.25, 0.3) is 0 Å². The minimum atomic E-state index is 0. The number of benzene rings is 1. The summed E-state index contributed by atoms with van der Waals surface area (Å²) in [6, 6.07) is 7.88. The van der Waals surface area contributed by atoms with Crippen molar-refractivity contribution in [3.63, 3.8) is 0 Å². The zero-order valence-corrected chi connectivity index (χ0v) is 11.6.